The molecule has 1 aromatic rings. The number of halogens is 1. The van der Waals surface area contributed by atoms with E-state index >= 15 is 0 Å². The summed E-state index contributed by atoms with van der Waals surface area (Å²) in [4.78, 5) is 11.3. The third-order valence-electron chi connectivity index (χ3n) is 2.16. The lowest BCUT2D eigenvalue weighted by molar-refractivity contribution is -0.128. The summed E-state index contributed by atoms with van der Waals surface area (Å²) >= 11 is 5.96. The Morgan fingerprint density at radius 2 is 2.31 bits per heavy atom. The molecule has 0 aromatic heterocycles. The van der Waals surface area contributed by atoms with Crippen LogP contribution in [0.3, 0.4) is 0 Å². The fraction of sp³-hybridized carbons (Fsp3) is 0.364. The lowest BCUT2D eigenvalue weighted by Gasteiger charge is -2.16. The summed E-state index contributed by atoms with van der Waals surface area (Å²) in [5, 5.41) is 0.480. The van der Waals surface area contributed by atoms with Gasteiger partial charge in [0.05, 0.1) is 5.02 Å². The second-order valence-electron chi connectivity index (χ2n) is 3.46. The second-order valence-corrected chi connectivity index (χ2v) is 3.86. The summed E-state index contributed by atoms with van der Waals surface area (Å²) < 4.78 is 5.50. The highest BCUT2D eigenvalue weighted by atomic mass is 35.5. The fourth-order valence-electron chi connectivity index (χ4n) is 1.27. The topological polar surface area (TPSA) is 64.3 Å². The molecule has 1 amide bonds. The van der Waals surface area contributed by atoms with E-state index in [9.17, 15) is 4.79 Å². The number of aryl methyl sites for hydroxylation is 1. The van der Waals surface area contributed by atoms with Crippen LogP contribution < -0.4 is 16.0 Å². The third kappa shape index (κ3) is 3.12. The molecule has 1 rings (SSSR count). The van der Waals surface area contributed by atoms with Crippen molar-refractivity contribution in [2.45, 2.75) is 26.4 Å². The van der Waals surface area contributed by atoms with Crippen LogP contribution in [-0.4, -0.2) is 12.0 Å². The second kappa shape index (κ2) is 5.72. The summed E-state index contributed by atoms with van der Waals surface area (Å²) in [7, 11) is 0. The van der Waals surface area contributed by atoms with Gasteiger partial charge >= 0.3 is 0 Å². The largest absolute Gasteiger partial charge is 0.479 e. The summed E-state index contributed by atoms with van der Waals surface area (Å²) in [6, 6.07) is 5.40. The van der Waals surface area contributed by atoms with Gasteiger partial charge in [-0.15, -0.1) is 0 Å². The monoisotopic (exact) mass is 242 g/mol. The van der Waals surface area contributed by atoms with E-state index in [0.29, 0.717) is 17.2 Å². The van der Waals surface area contributed by atoms with Gasteiger partial charge < -0.3 is 4.74 Å². The van der Waals surface area contributed by atoms with E-state index in [-0.39, 0.29) is 5.91 Å². The van der Waals surface area contributed by atoms with Crippen molar-refractivity contribution in [3.8, 4) is 5.75 Å². The van der Waals surface area contributed by atoms with Gasteiger partial charge in [0.25, 0.3) is 5.91 Å². The summed E-state index contributed by atoms with van der Waals surface area (Å²) in [6.07, 6.45) is -0.0999. The number of hydrogen-bond donors (Lipinski definition) is 2. The molecule has 5 heteroatoms. The normalized spacial score (nSPS) is 12.0. The SMILES string of the molecule is CC[C@@H](Oc1cc(C)ccc1Cl)C(=O)NN. The first-order valence-electron chi connectivity index (χ1n) is 5.01. The number of hydrazine groups is 1. The molecular weight excluding hydrogens is 228 g/mol. The van der Waals surface area contributed by atoms with E-state index in [1.54, 1.807) is 12.1 Å². The van der Waals surface area contributed by atoms with Gasteiger partial charge in [-0.1, -0.05) is 24.6 Å². The molecule has 1 aromatic carbocycles. The molecule has 0 saturated heterocycles. The zero-order chi connectivity index (χ0) is 12.1. The van der Waals surface area contributed by atoms with Gasteiger partial charge in [0.15, 0.2) is 6.10 Å². The lowest BCUT2D eigenvalue weighted by Crippen LogP contribution is -2.41. The fourth-order valence-corrected chi connectivity index (χ4v) is 1.43. The lowest BCUT2D eigenvalue weighted by atomic mass is 10.2. The standard InChI is InChI=1S/C11H15ClN2O2/c1-3-9(11(15)14-13)16-10-6-7(2)4-5-8(10)12/h4-6,9H,3,13H2,1-2H3,(H,14,15)/t9-/m1/s1. The molecule has 0 fully saturated rings. The molecule has 0 unspecified atom stereocenters. The number of rotatable bonds is 4. The van der Waals surface area contributed by atoms with Crippen LogP contribution in [0.4, 0.5) is 0 Å². The van der Waals surface area contributed by atoms with Gasteiger partial charge in [0.2, 0.25) is 0 Å². The number of nitrogens with one attached hydrogen (secondary N) is 1. The minimum atomic E-state index is -0.621. The van der Waals surface area contributed by atoms with Crippen LogP contribution in [0.25, 0.3) is 0 Å². The smallest absolute Gasteiger partial charge is 0.274 e. The maximum absolute atomic E-state index is 11.3. The highest BCUT2D eigenvalue weighted by Crippen LogP contribution is 2.26. The van der Waals surface area contributed by atoms with Crippen molar-refractivity contribution in [1.82, 2.24) is 5.43 Å². The van der Waals surface area contributed by atoms with E-state index in [2.05, 4.69) is 5.43 Å². The summed E-state index contributed by atoms with van der Waals surface area (Å²) in [5.74, 6) is 5.19. The Balaban J connectivity index is 2.85. The van der Waals surface area contributed by atoms with Gasteiger partial charge in [-0.3, -0.25) is 10.2 Å². The van der Waals surface area contributed by atoms with Crippen LogP contribution in [0.2, 0.25) is 5.02 Å². The Morgan fingerprint density at radius 3 is 2.88 bits per heavy atom. The van der Waals surface area contributed by atoms with Crippen molar-refractivity contribution in [3.63, 3.8) is 0 Å². The Hall–Kier alpha value is -1.26. The average molecular weight is 243 g/mol. The van der Waals surface area contributed by atoms with Crippen LogP contribution in [0.15, 0.2) is 18.2 Å². The van der Waals surface area contributed by atoms with Crippen molar-refractivity contribution < 1.29 is 9.53 Å². The number of benzene rings is 1. The first-order chi connectivity index (χ1) is 7.58. The van der Waals surface area contributed by atoms with Crippen LogP contribution >= 0.6 is 11.6 Å². The molecule has 0 bridgehead atoms. The molecule has 4 nitrogen and oxygen atoms in total. The molecule has 0 radical (unpaired) electrons. The molecule has 88 valence electrons. The molecule has 0 spiro atoms. The number of amides is 1. The molecule has 0 heterocycles. The molecule has 0 aliphatic heterocycles. The maximum atomic E-state index is 11.3. The van der Waals surface area contributed by atoms with Crippen molar-refractivity contribution in [2.75, 3.05) is 0 Å². The van der Waals surface area contributed by atoms with Gasteiger partial charge in [-0.25, -0.2) is 5.84 Å². The van der Waals surface area contributed by atoms with E-state index < -0.39 is 6.10 Å². The predicted molar refractivity (Wildman–Crippen MR) is 63.2 cm³/mol. The Labute approximate surface area is 99.7 Å². The van der Waals surface area contributed by atoms with Crippen molar-refractivity contribution in [1.29, 1.82) is 0 Å². The minimum absolute atomic E-state index is 0.361. The predicted octanol–water partition coefficient (Wildman–Crippen LogP) is 1.80. The summed E-state index contributed by atoms with van der Waals surface area (Å²) in [6.45, 7) is 3.76. The first-order valence-corrected chi connectivity index (χ1v) is 5.39. The third-order valence-corrected chi connectivity index (χ3v) is 2.47. The number of nitrogens with two attached hydrogens (primary N) is 1. The van der Waals surface area contributed by atoms with Gasteiger partial charge in [0.1, 0.15) is 5.75 Å². The van der Waals surface area contributed by atoms with Crippen LogP contribution in [-0.2, 0) is 4.79 Å². The van der Waals surface area contributed by atoms with Crippen LogP contribution in [0, 0.1) is 6.92 Å². The maximum Gasteiger partial charge on any atom is 0.274 e. The average Bonchev–Trinajstić information content (AvgIpc) is 2.29. The van der Waals surface area contributed by atoms with Crippen molar-refractivity contribution in [3.05, 3.63) is 28.8 Å². The number of carbonyl (C=O) groups is 1. The molecule has 16 heavy (non-hydrogen) atoms. The van der Waals surface area contributed by atoms with Gasteiger partial charge in [0, 0.05) is 0 Å². The molecule has 3 N–H and O–H groups in total. The summed E-state index contributed by atoms with van der Waals surface area (Å²) in [5.41, 5.74) is 3.08. The first kappa shape index (κ1) is 12.8. The molecule has 1 atom stereocenters. The zero-order valence-electron chi connectivity index (χ0n) is 9.29. The number of hydrogen-bond acceptors (Lipinski definition) is 3. The van der Waals surface area contributed by atoms with Gasteiger partial charge in [-0.2, -0.15) is 0 Å². The highest BCUT2D eigenvalue weighted by Gasteiger charge is 2.18. The van der Waals surface area contributed by atoms with Gasteiger partial charge in [-0.05, 0) is 31.0 Å². The van der Waals surface area contributed by atoms with E-state index in [1.165, 1.54) is 0 Å². The molecule has 0 saturated carbocycles. The van der Waals surface area contributed by atoms with Crippen molar-refractivity contribution >= 4 is 17.5 Å². The van der Waals surface area contributed by atoms with E-state index in [4.69, 9.17) is 22.2 Å². The molecule has 0 aliphatic rings. The zero-order valence-corrected chi connectivity index (χ0v) is 10.0. The quantitative estimate of drug-likeness (QED) is 0.481. The Bertz CT molecular complexity index is 382. The number of carbonyl (C=O) groups excluding carboxylic acids is 1. The number of ether oxygens (including phenoxy) is 1. The minimum Gasteiger partial charge on any atom is -0.479 e. The Kier molecular flexibility index (Phi) is 4.58. The van der Waals surface area contributed by atoms with Crippen molar-refractivity contribution in [2.24, 2.45) is 5.84 Å². The molecular formula is C11H15ClN2O2. The van der Waals surface area contributed by atoms with E-state index in [1.807, 2.05) is 19.9 Å². The molecule has 0 aliphatic carbocycles. The van der Waals surface area contributed by atoms with Crippen LogP contribution in [0.5, 0.6) is 5.75 Å². The highest BCUT2D eigenvalue weighted by molar-refractivity contribution is 6.32. The Morgan fingerprint density at radius 1 is 1.62 bits per heavy atom. The van der Waals surface area contributed by atoms with E-state index in [0.717, 1.165) is 5.56 Å². The van der Waals surface area contributed by atoms with Crippen LogP contribution in [0.1, 0.15) is 18.9 Å².